The molecule has 1 saturated heterocycles. The summed E-state index contributed by atoms with van der Waals surface area (Å²) in [6.45, 7) is 6.70. The van der Waals surface area contributed by atoms with E-state index < -0.39 is 17.5 Å². The average Bonchev–Trinajstić information content (AvgIpc) is 2.17. The van der Waals surface area contributed by atoms with Crippen LogP contribution in [0.2, 0.25) is 0 Å². The van der Waals surface area contributed by atoms with Crippen molar-refractivity contribution in [2.75, 3.05) is 0 Å². The molecule has 1 rings (SSSR count). The van der Waals surface area contributed by atoms with Crippen molar-refractivity contribution < 1.29 is 14.3 Å². The van der Waals surface area contributed by atoms with Gasteiger partial charge in [-0.05, 0) is 20.3 Å². The Balaban J connectivity index is 2.95. The Kier molecular flexibility index (Phi) is 2.04. The van der Waals surface area contributed by atoms with Crippen LogP contribution in [0, 0.1) is 5.41 Å². The van der Waals surface area contributed by atoms with Crippen LogP contribution in [-0.2, 0) is 14.3 Å². The Morgan fingerprint density at radius 3 is 2.58 bits per heavy atom. The number of ketones is 1. The summed E-state index contributed by atoms with van der Waals surface area (Å²) in [4.78, 5) is 22.6. The molecule has 3 nitrogen and oxygen atoms in total. The molecule has 0 aromatic heterocycles. The first kappa shape index (κ1) is 8.97. The van der Waals surface area contributed by atoms with E-state index in [4.69, 9.17) is 4.74 Å². The molecule has 1 aliphatic heterocycles. The highest BCUT2D eigenvalue weighted by molar-refractivity contribution is 6.10. The van der Waals surface area contributed by atoms with Crippen LogP contribution in [0.15, 0.2) is 12.7 Å². The fourth-order valence-electron chi connectivity index (χ4n) is 1.37. The molecule has 1 aliphatic rings. The number of hydrogen-bond donors (Lipinski definition) is 0. The van der Waals surface area contributed by atoms with Gasteiger partial charge in [-0.15, -0.1) is 6.58 Å². The third-order valence-corrected chi connectivity index (χ3v) is 2.20. The predicted octanol–water partition coefficient (Wildman–Crippen LogP) is 1.08. The van der Waals surface area contributed by atoms with Crippen LogP contribution in [0.5, 0.6) is 0 Å². The molecule has 0 aromatic carbocycles. The standard InChI is InChI=1S/C9H12O3/c1-4-5-9(3)7(10)6(2)12-8(9)11/h4,6H,1,5H2,2-3H3. The Labute approximate surface area is 71.4 Å². The highest BCUT2D eigenvalue weighted by Crippen LogP contribution is 2.33. The molecule has 0 amide bonds. The van der Waals surface area contributed by atoms with Crippen molar-refractivity contribution in [1.29, 1.82) is 0 Å². The van der Waals surface area contributed by atoms with Crippen LogP contribution < -0.4 is 0 Å². The minimum absolute atomic E-state index is 0.146. The number of carbonyl (C=O) groups is 2. The van der Waals surface area contributed by atoms with E-state index in [1.54, 1.807) is 19.9 Å². The van der Waals surface area contributed by atoms with E-state index in [1.165, 1.54) is 0 Å². The van der Waals surface area contributed by atoms with Gasteiger partial charge in [0.15, 0.2) is 11.9 Å². The van der Waals surface area contributed by atoms with E-state index in [9.17, 15) is 9.59 Å². The van der Waals surface area contributed by atoms with Gasteiger partial charge < -0.3 is 4.74 Å². The zero-order valence-electron chi connectivity index (χ0n) is 7.29. The molecule has 0 saturated carbocycles. The number of ether oxygens (including phenoxy) is 1. The third kappa shape index (κ3) is 1.05. The second-order valence-corrected chi connectivity index (χ2v) is 3.24. The first-order chi connectivity index (χ1) is 5.52. The van der Waals surface area contributed by atoms with E-state index in [-0.39, 0.29) is 5.78 Å². The summed E-state index contributed by atoms with van der Waals surface area (Å²) in [5.74, 6) is -0.577. The maximum atomic E-state index is 11.4. The van der Waals surface area contributed by atoms with E-state index in [2.05, 4.69) is 6.58 Å². The smallest absolute Gasteiger partial charge is 0.320 e. The van der Waals surface area contributed by atoms with Crippen molar-refractivity contribution in [3.8, 4) is 0 Å². The molecule has 0 N–H and O–H groups in total. The van der Waals surface area contributed by atoms with Gasteiger partial charge in [0.05, 0.1) is 0 Å². The number of allylic oxidation sites excluding steroid dienone is 1. The summed E-state index contributed by atoms with van der Waals surface area (Å²) in [5.41, 5.74) is -0.985. The SMILES string of the molecule is C=CCC1(C)C(=O)OC(C)C1=O. The Morgan fingerprint density at radius 1 is 1.67 bits per heavy atom. The van der Waals surface area contributed by atoms with Crippen molar-refractivity contribution >= 4 is 11.8 Å². The van der Waals surface area contributed by atoms with Crippen molar-refractivity contribution in [2.24, 2.45) is 5.41 Å². The van der Waals surface area contributed by atoms with E-state index in [0.29, 0.717) is 6.42 Å². The molecule has 0 aliphatic carbocycles. The molecule has 2 unspecified atom stereocenters. The summed E-state index contributed by atoms with van der Waals surface area (Å²) >= 11 is 0. The molecule has 0 radical (unpaired) electrons. The van der Waals surface area contributed by atoms with Gasteiger partial charge in [0.25, 0.3) is 0 Å². The molecule has 66 valence electrons. The molecule has 0 spiro atoms. The molecule has 12 heavy (non-hydrogen) atoms. The van der Waals surface area contributed by atoms with Gasteiger partial charge in [0.2, 0.25) is 0 Å². The van der Waals surface area contributed by atoms with Gasteiger partial charge in [-0.1, -0.05) is 6.08 Å². The molecule has 0 aromatic rings. The quantitative estimate of drug-likeness (QED) is 0.352. The molecule has 1 fully saturated rings. The molecule has 0 bridgehead atoms. The lowest BCUT2D eigenvalue weighted by molar-refractivity contribution is -0.147. The van der Waals surface area contributed by atoms with Crippen LogP contribution in [0.25, 0.3) is 0 Å². The molecule has 2 atom stereocenters. The number of cyclic esters (lactones) is 1. The second kappa shape index (κ2) is 2.73. The summed E-state index contributed by atoms with van der Waals surface area (Å²) in [5, 5.41) is 0. The zero-order valence-corrected chi connectivity index (χ0v) is 7.29. The molecular weight excluding hydrogens is 156 g/mol. The lowest BCUT2D eigenvalue weighted by Gasteiger charge is -2.13. The van der Waals surface area contributed by atoms with Gasteiger partial charge in [-0.2, -0.15) is 0 Å². The average molecular weight is 168 g/mol. The summed E-state index contributed by atoms with van der Waals surface area (Å²) in [7, 11) is 0. The van der Waals surface area contributed by atoms with Crippen LogP contribution in [0.1, 0.15) is 20.3 Å². The predicted molar refractivity (Wildman–Crippen MR) is 43.5 cm³/mol. The topological polar surface area (TPSA) is 43.4 Å². The Bertz CT molecular complexity index is 244. The second-order valence-electron chi connectivity index (χ2n) is 3.24. The minimum atomic E-state index is -0.985. The van der Waals surface area contributed by atoms with E-state index >= 15 is 0 Å². The maximum Gasteiger partial charge on any atom is 0.320 e. The first-order valence-corrected chi connectivity index (χ1v) is 3.88. The highest BCUT2D eigenvalue weighted by Gasteiger charge is 2.50. The Morgan fingerprint density at radius 2 is 2.25 bits per heavy atom. The molecular formula is C9H12O3. The fraction of sp³-hybridized carbons (Fsp3) is 0.556. The van der Waals surface area contributed by atoms with Crippen LogP contribution in [-0.4, -0.2) is 17.9 Å². The first-order valence-electron chi connectivity index (χ1n) is 3.88. The van der Waals surface area contributed by atoms with Crippen LogP contribution in [0.4, 0.5) is 0 Å². The minimum Gasteiger partial charge on any atom is -0.454 e. The number of rotatable bonds is 2. The monoisotopic (exact) mass is 168 g/mol. The maximum absolute atomic E-state index is 11.4. The van der Waals surface area contributed by atoms with E-state index in [0.717, 1.165) is 0 Å². The number of hydrogen-bond acceptors (Lipinski definition) is 3. The largest absolute Gasteiger partial charge is 0.454 e. The fourth-order valence-corrected chi connectivity index (χ4v) is 1.37. The van der Waals surface area contributed by atoms with Crippen molar-refractivity contribution in [1.82, 2.24) is 0 Å². The van der Waals surface area contributed by atoms with Gasteiger partial charge in [-0.3, -0.25) is 9.59 Å². The summed E-state index contributed by atoms with van der Waals surface area (Å²) in [6, 6.07) is 0. The Hall–Kier alpha value is -1.12. The highest BCUT2D eigenvalue weighted by atomic mass is 16.6. The van der Waals surface area contributed by atoms with Gasteiger partial charge in [0, 0.05) is 0 Å². The van der Waals surface area contributed by atoms with E-state index in [1.807, 2.05) is 0 Å². The van der Waals surface area contributed by atoms with Crippen LogP contribution >= 0.6 is 0 Å². The van der Waals surface area contributed by atoms with Crippen molar-refractivity contribution in [2.45, 2.75) is 26.4 Å². The normalized spacial score (nSPS) is 35.0. The van der Waals surface area contributed by atoms with Crippen molar-refractivity contribution in [3.63, 3.8) is 0 Å². The number of Topliss-reactive ketones (excluding diaryl/α,β-unsaturated/α-hetero) is 1. The number of carbonyl (C=O) groups excluding carboxylic acids is 2. The molecule has 1 heterocycles. The zero-order chi connectivity index (χ0) is 9.35. The van der Waals surface area contributed by atoms with Gasteiger partial charge >= 0.3 is 5.97 Å². The van der Waals surface area contributed by atoms with Crippen LogP contribution in [0.3, 0.4) is 0 Å². The summed E-state index contributed by atoms with van der Waals surface area (Å²) in [6.07, 6.45) is 1.33. The summed E-state index contributed by atoms with van der Waals surface area (Å²) < 4.78 is 4.81. The van der Waals surface area contributed by atoms with Crippen molar-refractivity contribution in [3.05, 3.63) is 12.7 Å². The lowest BCUT2D eigenvalue weighted by atomic mass is 9.83. The van der Waals surface area contributed by atoms with Gasteiger partial charge in [0.1, 0.15) is 5.41 Å². The lowest BCUT2D eigenvalue weighted by Crippen LogP contribution is -2.30. The number of esters is 1. The molecule has 3 heteroatoms. The third-order valence-electron chi connectivity index (χ3n) is 2.20. The van der Waals surface area contributed by atoms with Gasteiger partial charge in [-0.25, -0.2) is 0 Å².